The van der Waals surface area contributed by atoms with Gasteiger partial charge in [0.2, 0.25) is 5.82 Å². The molecule has 0 radical (unpaired) electrons. The summed E-state index contributed by atoms with van der Waals surface area (Å²) in [5.41, 5.74) is -0.559. The lowest BCUT2D eigenvalue weighted by molar-refractivity contribution is 0.104. The molecule has 2 unspecified atom stereocenters. The maximum Gasteiger partial charge on any atom is 0.200 e. The smallest absolute Gasteiger partial charge is 0.200 e. The normalized spacial score (nSPS) is 24.6. The molecule has 1 nitrogen and oxygen atoms in total. The van der Waals surface area contributed by atoms with E-state index in [1.165, 1.54) is 70.4 Å². The monoisotopic (exact) mass is 594 g/mol. The third kappa shape index (κ3) is 8.13. The van der Waals surface area contributed by atoms with Gasteiger partial charge >= 0.3 is 0 Å². The first-order valence-corrected chi connectivity index (χ1v) is 15.7. The number of hydrogen-bond acceptors (Lipinski definition) is 1. The molecule has 0 N–H and O–H groups in total. The maximum atomic E-state index is 15.0. The second-order valence-corrected chi connectivity index (χ2v) is 12.4. The van der Waals surface area contributed by atoms with Gasteiger partial charge in [0.05, 0.1) is 0 Å². The van der Waals surface area contributed by atoms with Gasteiger partial charge in [-0.1, -0.05) is 63.0 Å². The number of halogens is 6. The van der Waals surface area contributed by atoms with Gasteiger partial charge in [0, 0.05) is 5.56 Å². The van der Waals surface area contributed by atoms with Gasteiger partial charge in [0.15, 0.2) is 35.5 Å². The molecule has 42 heavy (non-hydrogen) atoms. The molecule has 2 aromatic rings. The molecular weight excluding hydrogens is 550 g/mol. The molecule has 2 aliphatic carbocycles. The number of allylic oxidation sites excluding steroid dienone is 2. The zero-order valence-corrected chi connectivity index (χ0v) is 24.8. The van der Waals surface area contributed by atoms with Crippen LogP contribution in [-0.2, 0) is 0 Å². The minimum atomic E-state index is -2.53. The SMILES string of the molecule is CCCCCC1CCC(/C=C/C2CCC(c3ccc(OCC(F)C(F)c4ccc(C)c(F)c4F)c(F)c3F)CC2)CC1. The standard InChI is InChI=1S/C35H44F6O/c1-3-4-5-6-23-8-10-24(11-9-23)12-13-25-14-16-26(17-15-25)27-19-20-30(35(41)33(27)39)42-21-29(36)32(38)28-18-7-22(2)31(37)34(28)40/h7,12-13,18-20,23-26,29,32H,3-6,8-11,14-17,21H2,1-2H3/b13-12+. The van der Waals surface area contributed by atoms with Crippen LogP contribution >= 0.6 is 0 Å². The molecule has 2 aromatic carbocycles. The lowest BCUT2D eigenvalue weighted by atomic mass is 9.76. The van der Waals surface area contributed by atoms with E-state index in [2.05, 4.69) is 19.1 Å². The van der Waals surface area contributed by atoms with E-state index >= 15 is 4.39 Å². The van der Waals surface area contributed by atoms with E-state index in [1.807, 2.05) is 0 Å². The number of rotatable bonds is 12. The Morgan fingerprint density at radius 1 is 0.762 bits per heavy atom. The molecular formula is C35H44F6O. The summed E-state index contributed by atoms with van der Waals surface area (Å²) in [7, 11) is 0. The molecule has 0 aliphatic heterocycles. The number of hydrogen-bond donors (Lipinski definition) is 0. The van der Waals surface area contributed by atoms with Crippen LogP contribution in [0.25, 0.3) is 0 Å². The van der Waals surface area contributed by atoms with Crippen molar-refractivity contribution < 1.29 is 31.1 Å². The van der Waals surface area contributed by atoms with E-state index < -0.39 is 53.5 Å². The Kier molecular flexibility index (Phi) is 11.9. The van der Waals surface area contributed by atoms with Gasteiger partial charge in [-0.3, -0.25) is 0 Å². The van der Waals surface area contributed by atoms with Crippen LogP contribution in [0, 0.1) is 47.9 Å². The Hall–Kier alpha value is -2.44. The topological polar surface area (TPSA) is 9.23 Å². The van der Waals surface area contributed by atoms with E-state index in [0.29, 0.717) is 11.8 Å². The average Bonchev–Trinajstić information content (AvgIpc) is 3.00. The first kappa shape index (κ1) is 32.5. The van der Waals surface area contributed by atoms with E-state index in [-0.39, 0.29) is 17.0 Å². The molecule has 0 saturated heterocycles. The van der Waals surface area contributed by atoms with Crippen molar-refractivity contribution in [3.8, 4) is 5.75 Å². The van der Waals surface area contributed by atoms with Gasteiger partial charge in [-0.25, -0.2) is 22.0 Å². The quantitative estimate of drug-likeness (QED) is 0.135. The van der Waals surface area contributed by atoms with Crippen molar-refractivity contribution in [3.63, 3.8) is 0 Å². The number of benzene rings is 2. The van der Waals surface area contributed by atoms with Crippen molar-refractivity contribution in [1.29, 1.82) is 0 Å². The zero-order valence-electron chi connectivity index (χ0n) is 24.8. The van der Waals surface area contributed by atoms with Crippen molar-refractivity contribution in [2.75, 3.05) is 6.61 Å². The summed E-state index contributed by atoms with van der Waals surface area (Å²) >= 11 is 0. The van der Waals surface area contributed by atoms with E-state index in [4.69, 9.17) is 4.74 Å². The highest BCUT2D eigenvalue weighted by Crippen LogP contribution is 2.40. The van der Waals surface area contributed by atoms with Crippen molar-refractivity contribution >= 4 is 0 Å². The molecule has 2 aliphatic rings. The van der Waals surface area contributed by atoms with Gasteiger partial charge in [-0.05, 0) is 99.2 Å². The van der Waals surface area contributed by atoms with Gasteiger partial charge in [-0.2, -0.15) is 4.39 Å². The Labute approximate surface area is 246 Å². The predicted octanol–water partition coefficient (Wildman–Crippen LogP) is 11.2. The summed E-state index contributed by atoms with van der Waals surface area (Å²) in [6.45, 7) is 2.57. The molecule has 4 rings (SSSR count). The lowest BCUT2D eigenvalue weighted by Crippen LogP contribution is -2.21. The van der Waals surface area contributed by atoms with Crippen molar-refractivity contribution in [2.24, 2.45) is 17.8 Å². The lowest BCUT2D eigenvalue weighted by Gasteiger charge is -2.29. The molecule has 2 atom stereocenters. The largest absolute Gasteiger partial charge is 0.487 e. The Morgan fingerprint density at radius 2 is 1.40 bits per heavy atom. The summed E-state index contributed by atoms with van der Waals surface area (Å²) < 4.78 is 91.7. The molecule has 2 fully saturated rings. The Morgan fingerprint density at radius 3 is 2.05 bits per heavy atom. The summed E-state index contributed by atoms with van der Waals surface area (Å²) in [4.78, 5) is 0. The summed E-state index contributed by atoms with van der Waals surface area (Å²) in [5.74, 6) is -3.71. The van der Waals surface area contributed by atoms with Crippen LogP contribution in [0.4, 0.5) is 26.3 Å². The third-order valence-electron chi connectivity index (χ3n) is 9.37. The second-order valence-electron chi connectivity index (χ2n) is 12.4. The fourth-order valence-electron chi connectivity index (χ4n) is 6.59. The highest BCUT2D eigenvalue weighted by Gasteiger charge is 2.30. The molecule has 7 heteroatoms. The highest BCUT2D eigenvalue weighted by molar-refractivity contribution is 5.34. The molecule has 0 spiro atoms. The van der Waals surface area contributed by atoms with Gasteiger partial charge in [0.25, 0.3) is 0 Å². The number of alkyl halides is 2. The van der Waals surface area contributed by atoms with Crippen molar-refractivity contribution in [1.82, 2.24) is 0 Å². The molecule has 0 bridgehead atoms. The van der Waals surface area contributed by atoms with Crippen LogP contribution < -0.4 is 4.74 Å². The summed E-state index contributed by atoms with van der Waals surface area (Å²) in [5, 5.41) is 0. The van der Waals surface area contributed by atoms with Crippen LogP contribution in [0.3, 0.4) is 0 Å². The molecule has 0 aromatic heterocycles. The van der Waals surface area contributed by atoms with E-state index in [0.717, 1.165) is 43.7 Å². The Balaban J connectivity index is 1.25. The van der Waals surface area contributed by atoms with Crippen LogP contribution in [0.15, 0.2) is 36.4 Å². The zero-order chi connectivity index (χ0) is 30.2. The van der Waals surface area contributed by atoms with Crippen molar-refractivity contribution in [3.05, 3.63) is 76.4 Å². The van der Waals surface area contributed by atoms with Gasteiger partial charge in [-0.15, -0.1) is 0 Å². The van der Waals surface area contributed by atoms with Gasteiger partial charge in [0.1, 0.15) is 6.61 Å². The van der Waals surface area contributed by atoms with Crippen LogP contribution in [-0.4, -0.2) is 12.8 Å². The summed E-state index contributed by atoms with van der Waals surface area (Å²) in [6.07, 6.45) is 13.6. The minimum absolute atomic E-state index is 0.0387. The fourth-order valence-corrected chi connectivity index (χ4v) is 6.59. The van der Waals surface area contributed by atoms with E-state index in [1.54, 1.807) is 0 Å². The Bertz CT molecular complexity index is 1180. The molecule has 0 amide bonds. The first-order valence-electron chi connectivity index (χ1n) is 15.7. The molecule has 232 valence electrons. The van der Waals surface area contributed by atoms with Crippen LogP contribution in [0.1, 0.15) is 113 Å². The minimum Gasteiger partial charge on any atom is -0.487 e. The second kappa shape index (κ2) is 15.3. The third-order valence-corrected chi connectivity index (χ3v) is 9.37. The molecule has 0 heterocycles. The highest BCUT2D eigenvalue weighted by atomic mass is 19.2. The number of unbranched alkanes of at least 4 members (excludes halogenated alkanes) is 2. The van der Waals surface area contributed by atoms with Gasteiger partial charge < -0.3 is 4.74 Å². The fraction of sp³-hybridized carbons (Fsp3) is 0.600. The number of ether oxygens (including phenoxy) is 1. The maximum absolute atomic E-state index is 15.0. The average molecular weight is 595 g/mol. The summed E-state index contributed by atoms with van der Waals surface area (Å²) in [6, 6.07) is 4.78. The molecule has 2 saturated carbocycles. The van der Waals surface area contributed by atoms with Crippen LogP contribution in [0.2, 0.25) is 0 Å². The van der Waals surface area contributed by atoms with E-state index in [9.17, 15) is 22.0 Å². The van der Waals surface area contributed by atoms with Crippen molar-refractivity contribution in [2.45, 2.75) is 109 Å². The predicted molar refractivity (Wildman–Crippen MR) is 155 cm³/mol. The first-order chi connectivity index (χ1) is 20.2. The van der Waals surface area contributed by atoms with Crippen LogP contribution in [0.5, 0.6) is 5.75 Å². The number of aryl methyl sites for hydroxylation is 1.